The number of hydrogen-bond donors (Lipinski definition) is 1. The van der Waals surface area contributed by atoms with E-state index in [0.29, 0.717) is 26.6 Å². The normalized spacial score (nSPS) is 10.1. The first-order valence-corrected chi connectivity index (χ1v) is 7.89. The number of carbonyl (C=O) groups is 2. The standard InChI is InChI=1S/C14H13BrN2O4S/c1-8(18)16-14-17-10(7-22-14)6-21-12-4-3-9(5-11(12)15)13(19)20-2/h3-5,7H,6H2,1-2H3,(H,16,17,18). The molecule has 1 N–H and O–H groups in total. The molecule has 0 aliphatic rings. The highest BCUT2D eigenvalue weighted by Gasteiger charge is 2.10. The molecule has 0 radical (unpaired) electrons. The van der Waals surface area contributed by atoms with Gasteiger partial charge < -0.3 is 14.8 Å². The number of methoxy groups -OCH3 is 1. The van der Waals surface area contributed by atoms with Gasteiger partial charge in [-0.25, -0.2) is 9.78 Å². The number of rotatable bonds is 5. The van der Waals surface area contributed by atoms with E-state index in [0.717, 1.165) is 0 Å². The van der Waals surface area contributed by atoms with Crippen LogP contribution in [0.2, 0.25) is 0 Å². The van der Waals surface area contributed by atoms with Crippen molar-refractivity contribution < 1.29 is 19.1 Å². The second-order valence-corrected chi connectivity index (χ2v) is 5.96. The molecule has 1 heterocycles. The van der Waals surface area contributed by atoms with Gasteiger partial charge in [0.05, 0.1) is 22.8 Å². The number of nitrogens with zero attached hydrogens (tertiary/aromatic N) is 1. The van der Waals surface area contributed by atoms with Gasteiger partial charge in [-0.05, 0) is 34.1 Å². The molecule has 2 rings (SSSR count). The summed E-state index contributed by atoms with van der Waals surface area (Å²) >= 11 is 4.68. The minimum absolute atomic E-state index is 0.164. The predicted octanol–water partition coefficient (Wildman–Crippen LogP) is 3.23. The molecule has 0 saturated heterocycles. The van der Waals surface area contributed by atoms with Crippen molar-refractivity contribution in [2.75, 3.05) is 12.4 Å². The number of hydrogen-bond acceptors (Lipinski definition) is 6. The van der Waals surface area contributed by atoms with Crippen LogP contribution in [0.25, 0.3) is 0 Å². The van der Waals surface area contributed by atoms with Crippen LogP contribution in [0.1, 0.15) is 23.0 Å². The summed E-state index contributed by atoms with van der Waals surface area (Å²) in [5.41, 5.74) is 1.14. The van der Waals surface area contributed by atoms with Crippen LogP contribution in [0.5, 0.6) is 5.75 Å². The molecule has 0 saturated carbocycles. The number of esters is 1. The Balaban J connectivity index is 2.01. The van der Waals surface area contributed by atoms with Gasteiger partial charge in [-0.1, -0.05) is 0 Å². The summed E-state index contributed by atoms with van der Waals surface area (Å²) in [6, 6.07) is 4.93. The Kier molecular flexibility index (Phi) is 5.51. The van der Waals surface area contributed by atoms with Crippen LogP contribution in [0, 0.1) is 0 Å². The van der Waals surface area contributed by atoms with E-state index in [1.54, 1.807) is 18.2 Å². The number of amides is 1. The van der Waals surface area contributed by atoms with E-state index in [1.807, 2.05) is 5.38 Å². The quantitative estimate of drug-likeness (QED) is 0.800. The van der Waals surface area contributed by atoms with Crippen LogP contribution >= 0.6 is 27.3 Å². The number of anilines is 1. The highest BCUT2D eigenvalue weighted by Crippen LogP contribution is 2.27. The first-order valence-electron chi connectivity index (χ1n) is 6.22. The van der Waals surface area contributed by atoms with Gasteiger partial charge in [-0.2, -0.15) is 0 Å². The lowest BCUT2D eigenvalue weighted by Crippen LogP contribution is -2.05. The van der Waals surface area contributed by atoms with Crippen molar-refractivity contribution in [3.8, 4) is 5.75 Å². The molecule has 8 heteroatoms. The molecule has 0 fully saturated rings. The summed E-state index contributed by atoms with van der Waals surface area (Å²) in [7, 11) is 1.33. The van der Waals surface area contributed by atoms with Crippen molar-refractivity contribution in [3.05, 3.63) is 39.3 Å². The SMILES string of the molecule is COC(=O)c1ccc(OCc2csc(NC(C)=O)n2)c(Br)c1. The Morgan fingerprint density at radius 1 is 1.41 bits per heavy atom. The van der Waals surface area contributed by atoms with E-state index in [-0.39, 0.29) is 12.5 Å². The molecular weight excluding hydrogens is 372 g/mol. The number of carbonyl (C=O) groups excluding carboxylic acids is 2. The maximum Gasteiger partial charge on any atom is 0.337 e. The molecule has 1 aromatic carbocycles. The van der Waals surface area contributed by atoms with Crippen LogP contribution in [-0.2, 0) is 16.1 Å². The van der Waals surface area contributed by atoms with E-state index in [1.165, 1.54) is 25.4 Å². The van der Waals surface area contributed by atoms with Gasteiger partial charge in [0.1, 0.15) is 12.4 Å². The van der Waals surface area contributed by atoms with E-state index >= 15 is 0 Å². The lowest BCUT2D eigenvalue weighted by atomic mass is 10.2. The minimum atomic E-state index is -0.410. The molecular formula is C14H13BrN2O4S. The van der Waals surface area contributed by atoms with Crippen molar-refractivity contribution in [1.29, 1.82) is 0 Å². The van der Waals surface area contributed by atoms with Crippen molar-refractivity contribution in [3.63, 3.8) is 0 Å². The summed E-state index contributed by atoms with van der Waals surface area (Å²) < 4.78 is 10.9. The third-order valence-electron chi connectivity index (χ3n) is 2.56. The Morgan fingerprint density at radius 3 is 2.82 bits per heavy atom. The van der Waals surface area contributed by atoms with Crippen LogP contribution in [-0.4, -0.2) is 24.0 Å². The van der Waals surface area contributed by atoms with Gasteiger partial charge in [0.25, 0.3) is 0 Å². The van der Waals surface area contributed by atoms with E-state index in [4.69, 9.17) is 4.74 Å². The highest BCUT2D eigenvalue weighted by molar-refractivity contribution is 9.10. The second-order valence-electron chi connectivity index (χ2n) is 4.25. The van der Waals surface area contributed by atoms with E-state index in [9.17, 15) is 9.59 Å². The molecule has 1 aromatic heterocycles. The molecule has 2 aromatic rings. The van der Waals surface area contributed by atoms with Crippen LogP contribution in [0.3, 0.4) is 0 Å². The van der Waals surface area contributed by atoms with Crippen LogP contribution < -0.4 is 10.1 Å². The summed E-state index contributed by atoms with van der Waals surface area (Å²) in [4.78, 5) is 26.6. The van der Waals surface area contributed by atoms with Gasteiger partial charge in [-0.3, -0.25) is 4.79 Å². The first-order chi connectivity index (χ1) is 10.5. The summed E-state index contributed by atoms with van der Waals surface area (Å²) in [6.07, 6.45) is 0. The predicted molar refractivity (Wildman–Crippen MR) is 86.2 cm³/mol. The fourth-order valence-corrected chi connectivity index (χ4v) is 2.83. The van der Waals surface area contributed by atoms with Gasteiger partial charge >= 0.3 is 5.97 Å². The average Bonchev–Trinajstić information content (AvgIpc) is 2.91. The topological polar surface area (TPSA) is 77.5 Å². The molecule has 22 heavy (non-hydrogen) atoms. The zero-order valence-corrected chi connectivity index (χ0v) is 14.3. The monoisotopic (exact) mass is 384 g/mol. The van der Waals surface area contributed by atoms with Gasteiger partial charge in [-0.15, -0.1) is 11.3 Å². The summed E-state index contributed by atoms with van der Waals surface area (Å²) in [6.45, 7) is 1.68. The fourth-order valence-electron chi connectivity index (χ4n) is 1.60. The lowest BCUT2D eigenvalue weighted by molar-refractivity contribution is -0.114. The fraction of sp³-hybridized carbons (Fsp3) is 0.214. The Bertz CT molecular complexity index is 702. The van der Waals surface area contributed by atoms with Crippen molar-refractivity contribution >= 4 is 44.3 Å². The highest BCUT2D eigenvalue weighted by atomic mass is 79.9. The molecule has 0 bridgehead atoms. The van der Waals surface area contributed by atoms with Crippen molar-refractivity contribution in [2.24, 2.45) is 0 Å². The lowest BCUT2D eigenvalue weighted by Gasteiger charge is -2.08. The third kappa shape index (κ3) is 4.28. The molecule has 0 atom stereocenters. The Morgan fingerprint density at radius 2 is 2.18 bits per heavy atom. The number of halogens is 1. The smallest absolute Gasteiger partial charge is 0.337 e. The number of thiazole rings is 1. The molecule has 6 nitrogen and oxygen atoms in total. The molecule has 1 amide bonds. The molecule has 0 aliphatic heterocycles. The van der Waals surface area contributed by atoms with Gasteiger partial charge in [0.15, 0.2) is 5.13 Å². The Hall–Kier alpha value is -1.93. The molecule has 116 valence electrons. The zero-order valence-electron chi connectivity index (χ0n) is 11.9. The van der Waals surface area contributed by atoms with E-state index in [2.05, 4.69) is 31.0 Å². The van der Waals surface area contributed by atoms with Gasteiger partial charge in [0.2, 0.25) is 5.91 Å². The molecule has 0 unspecified atom stereocenters. The number of aromatic nitrogens is 1. The summed E-state index contributed by atoms with van der Waals surface area (Å²) in [5.74, 6) is 0.0105. The number of nitrogens with one attached hydrogen (secondary N) is 1. The largest absolute Gasteiger partial charge is 0.486 e. The maximum atomic E-state index is 11.4. The van der Waals surface area contributed by atoms with Crippen molar-refractivity contribution in [2.45, 2.75) is 13.5 Å². The van der Waals surface area contributed by atoms with Crippen LogP contribution in [0.15, 0.2) is 28.1 Å². The third-order valence-corrected chi connectivity index (χ3v) is 3.99. The summed E-state index contributed by atoms with van der Waals surface area (Å²) in [5, 5.41) is 4.95. The molecule has 0 spiro atoms. The maximum absolute atomic E-state index is 11.4. The van der Waals surface area contributed by atoms with Gasteiger partial charge in [0, 0.05) is 12.3 Å². The Labute approximate surface area is 139 Å². The van der Waals surface area contributed by atoms with E-state index < -0.39 is 5.97 Å². The second kappa shape index (κ2) is 7.37. The first kappa shape index (κ1) is 16.4. The average molecular weight is 385 g/mol. The number of ether oxygens (including phenoxy) is 2. The van der Waals surface area contributed by atoms with Crippen LogP contribution in [0.4, 0.5) is 5.13 Å². The van der Waals surface area contributed by atoms with Crippen molar-refractivity contribution in [1.82, 2.24) is 4.98 Å². The minimum Gasteiger partial charge on any atom is -0.486 e. The zero-order chi connectivity index (χ0) is 16.1. The number of benzene rings is 1. The molecule has 0 aliphatic carbocycles.